The van der Waals surface area contributed by atoms with Crippen LogP contribution in [0.15, 0.2) is 29.2 Å². The van der Waals surface area contributed by atoms with Crippen LogP contribution in [0.5, 0.6) is 0 Å². The fourth-order valence-electron chi connectivity index (χ4n) is 2.65. The molecule has 20 heavy (non-hydrogen) atoms. The van der Waals surface area contributed by atoms with Crippen LogP contribution in [-0.2, 0) is 19.0 Å². The van der Waals surface area contributed by atoms with Gasteiger partial charge in [-0.25, -0.2) is 0 Å². The molecule has 2 saturated heterocycles. The van der Waals surface area contributed by atoms with Gasteiger partial charge in [-0.15, -0.1) is 0 Å². The summed E-state index contributed by atoms with van der Waals surface area (Å²) >= 11 is 0. The molecule has 3 atom stereocenters. The highest BCUT2D eigenvalue weighted by Gasteiger charge is 2.43. The molecule has 1 aromatic rings. The van der Waals surface area contributed by atoms with Crippen molar-refractivity contribution in [3.05, 3.63) is 34.4 Å². The number of nitro groups is 1. The summed E-state index contributed by atoms with van der Waals surface area (Å²) in [7, 11) is -3.91. The Morgan fingerprint density at radius 1 is 1.25 bits per heavy atom. The first-order chi connectivity index (χ1) is 9.45. The summed E-state index contributed by atoms with van der Waals surface area (Å²) in [4.78, 5) is 9.88. The van der Waals surface area contributed by atoms with Gasteiger partial charge < -0.3 is 4.74 Å². The molecule has 1 aromatic carbocycles. The predicted octanol–water partition coefficient (Wildman–Crippen LogP) is 1.62. The number of hydrogen-bond donors (Lipinski definition) is 0. The van der Waals surface area contributed by atoms with Crippen LogP contribution in [0.25, 0.3) is 0 Å². The first-order valence-corrected chi connectivity index (χ1v) is 7.70. The van der Waals surface area contributed by atoms with Gasteiger partial charge in [0.2, 0.25) is 0 Å². The fourth-order valence-corrected chi connectivity index (χ4v) is 3.75. The zero-order chi connectivity index (χ0) is 14.3. The molecule has 0 saturated carbocycles. The molecule has 0 unspecified atom stereocenters. The highest BCUT2D eigenvalue weighted by atomic mass is 32.2. The van der Waals surface area contributed by atoms with Gasteiger partial charge in [0.15, 0.2) is 0 Å². The molecule has 2 aliphatic heterocycles. The summed E-state index contributed by atoms with van der Waals surface area (Å²) in [6, 6.07) is 4.66. The number of hydrogen-bond acceptors (Lipinski definition) is 6. The lowest BCUT2D eigenvalue weighted by Gasteiger charge is -2.18. The largest absolute Gasteiger partial charge is 0.372 e. The van der Waals surface area contributed by atoms with E-state index in [-0.39, 0.29) is 22.8 Å². The second kappa shape index (κ2) is 4.80. The van der Waals surface area contributed by atoms with Crippen LogP contribution in [0.1, 0.15) is 19.3 Å². The van der Waals surface area contributed by atoms with Crippen LogP contribution >= 0.6 is 0 Å². The van der Waals surface area contributed by atoms with E-state index >= 15 is 0 Å². The summed E-state index contributed by atoms with van der Waals surface area (Å²) in [5.74, 6) is 0. The highest BCUT2D eigenvalue weighted by molar-refractivity contribution is 7.86. The average molecular weight is 299 g/mol. The fraction of sp³-hybridized carbons (Fsp3) is 0.500. The summed E-state index contributed by atoms with van der Waals surface area (Å²) < 4.78 is 34.9. The minimum Gasteiger partial charge on any atom is -0.372 e. The van der Waals surface area contributed by atoms with Gasteiger partial charge in [0.25, 0.3) is 15.8 Å². The van der Waals surface area contributed by atoms with Gasteiger partial charge in [0.1, 0.15) is 6.10 Å². The molecule has 108 valence electrons. The van der Waals surface area contributed by atoms with Crippen molar-refractivity contribution in [2.75, 3.05) is 0 Å². The summed E-state index contributed by atoms with van der Waals surface area (Å²) in [5.41, 5.74) is -0.160. The predicted molar refractivity (Wildman–Crippen MR) is 67.7 cm³/mol. The number of benzene rings is 1. The Kier molecular flexibility index (Phi) is 3.23. The molecular formula is C12H13NO6S. The normalized spacial score (nSPS) is 28.7. The summed E-state index contributed by atoms with van der Waals surface area (Å²) in [6.45, 7) is 0. The van der Waals surface area contributed by atoms with Gasteiger partial charge in [0, 0.05) is 18.6 Å². The number of ether oxygens (including phenoxy) is 1. The number of non-ortho nitro benzene ring substituents is 1. The van der Waals surface area contributed by atoms with Crippen LogP contribution in [0.4, 0.5) is 5.69 Å². The van der Waals surface area contributed by atoms with Crippen molar-refractivity contribution in [2.45, 2.75) is 42.5 Å². The molecule has 2 heterocycles. The van der Waals surface area contributed by atoms with Crippen LogP contribution < -0.4 is 0 Å². The van der Waals surface area contributed by atoms with Crippen molar-refractivity contribution in [3.8, 4) is 0 Å². The molecule has 0 spiro atoms. The molecule has 2 aliphatic rings. The van der Waals surface area contributed by atoms with E-state index in [1.807, 2.05) is 0 Å². The Morgan fingerprint density at radius 2 is 1.95 bits per heavy atom. The van der Waals surface area contributed by atoms with Crippen molar-refractivity contribution in [1.82, 2.24) is 0 Å². The maximum absolute atomic E-state index is 12.1. The molecule has 8 heteroatoms. The highest BCUT2D eigenvalue weighted by Crippen LogP contribution is 2.37. The lowest BCUT2D eigenvalue weighted by Crippen LogP contribution is -2.28. The Balaban J connectivity index is 1.76. The van der Waals surface area contributed by atoms with Gasteiger partial charge in [-0.2, -0.15) is 8.42 Å². The molecule has 0 aliphatic carbocycles. The molecule has 3 rings (SSSR count). The number of nitrogens with zero attached hydrogens (tertiary/aromatic N) is 1. The molecule has 2 fully saturated rings. The van der Waals surface area contributed by atoms with Crippen LogP contribution in [0, 0.1) is 10.1 Å². The molecule has 0 N–H and O–H groups in total. The van der Waals surface area contributed by atoms with E-state index in [9.17, 15) is 18.5 Å². The van der Waals surface area contributed by atoms with E-state index in [2.05, 4.69) is 0 Å². The van der Waals surface area contributed by atoms with E-state index in [1.165, 1.54) is 12.1 Å². The van der Waals surface area contributed by atoms with Gasteiger partial charge in [-0.05, 0) is 25.0 Å². The van der Waals surface area contributed by atoms with Gasteiger partial charge in [-0.1, -0.05) is 0 Å². The van der Waals surface area contributed by atoms with Crippen LogP contribution in [-0.4, -0.2) is 31.7 Å². The van der Waals surface area contributed by atoms with E-state index in [4.69, 9.17) is 8.92 Å². The second-order valence-electron chi connectivity index (χ2n) is 4.95. The molecule has 0 aromatic heterocycles. The third-order valence-corrected chi connectivity index (χ3v) is 4.99. The van der Waals surface area contributed by atoms with E-state index < -0.39 is 21.1 Å². The maximum atomic E-state index is 12.1. The molecular weight excluding hydrogens is 286 g/mol. The SMILES string of the molecule is O=[N+]([O-])c1ccc(S(=O)(=O)O[C@H]2C[C@@H]3CC[C@H]2O3)cc1. The van der Waals surface area contributed by atoms with Crippen molar-refractivity contribution >= 4 is 15.8 Å². The minimum absolute atomic E-state index is 0.0779. The molecule has 2 bridgehead atoms. The number of nitro benzene ring substituents is 1. The topological polar surface area (TPSA) is 95.7 Å². The lowest BCUT2D eigenvalue weighted by molar-refractivity contribution is -0.384. The van der Waals surface area contributed by atoms with Gasteiger partial charge in [-0.3, -0.25) is 14.3 Å². The molecule has 0 radical (unpaired) electrons. The van der Waals surface area contributed by atoms with E-state index in [0.29, 0.717) is 6.42 Å². The smallest absolute Gasteiger partial charge is 0.297 e. The van der Waals surface area contributed by atoms with Gasteiger partial charge >= 0.3 is 0 Å². The van der Waals surface area contributed by atoms with Gasteiger partial charge in [0.05, 0.1) is 22.0 Å². The van der Waals surface area contributed by atoms with Crippen molar-refractivity contribution in [2.24, 2.45) is 0 Å². The maximum Gasteiger partial charge on any atom is 0.297 e. The quantitative estimate of drug-likeness (QED) is 0.476. The third-order valence-electron chi connectivity index (χ3n) is 3.64. The second-order valence-corrected chi connectivity index (χ2v) is 6.52. The Morgan fingerprint density at radius 3 is 2.45 bits per heavy atom. The first-order valence-electron chi connectivity index (χ1n) is 6.29. The monoisotopic (exact) mass is 299 g/mol. The Hall–Kier alpha value is -1.51. The molecule has 0 amide bonds. The van der Waals surface area contributed by atoms with E-state index in [1.54, 1.807) is 0 Å². The van der Waals surface area contributed by atoms with E-state index in [0.717, 1.165) is 25.0 Å². The summed E-state index contributed by atoms with van der Waals surface area (Å²) in [5, 5.41) is 10.5. The van der Waals surface area contributed by atoms with Crippen molar-refractivity contribution in [1.29, 1.82) is 0 Å². The Labute approximate surface area is 115 Å². The van der Waals surface area contributed by atoms with Crippen molar-refractivity contribution < 1.29 is 22.3 Å². The third kappa shape index (κ3) is 2.41. The zero-order valence-corrected chi connectivity index (χ0v) is 11.3. The lowest BCUT2D eigenvalue weighted by atomic mass is 9.98. The zero-order valence-electron chi connectivity index (χ0n) is 10.5. The Bertz CT molecular complexity index is 626. The standard InChI is InChI=1S/C12H13NO6S/c14-13(15)8-1-4-10(5-2-8)20(16,17)19-12-7-9-3-6-11(12)18-9/h1-2,4-5,9,11-12H,3,6-7H2/t9-,11+,12-/m0/s1. The van der Waals surface area contributed by atoms with Crippen LogP contribution in [0.2, 0.25) is 0 Å². The first kappa shape index (κ1) is 13.5. The minimum atomic E-state index is -3.91. The number of fused-ring (bicyclic) bond motifs is 2. The molecule has 7 nitrogen and oxygen atoms in total. The van der Waals surface area contributed by atoms with Crippen molar-refractivity contribution in [3.63, 3.8) is 0 Å². The summed E-state index contributed by atoms with van der Waals surface area (Å²) in [6.07, 6.45) is 1.82. The van der Waals surface area contributed by atoms with Crippen LogP contribution in [0.3, 0.4) is 0 Å². The number of rotatable bonds is 4. The average Bonchev–Trinajstić information content (AvgIpc) is 3.00.